The van der Waals surface area contributed by atoms with Crippen molar-refractivity contribution < 1.29 is 4.74 Å². The summed E-state index contributed by atoms with van der Waals surface area (Å²) in [6.45, 7) is 8.49. The lowest BCUT2D eigenvalue weighted by atomic mass is 10.1. The SMILES string of the molecule is COC1CCN(c2ccc(CNCC(C)C)c(Br)c2)C1. The molecule has 1 unspecified atom stereocenters. The summed E-state index contributed by atoms with van der Waals surface area (Å²) in [6.07, 6.45) is 1.49. The number of ether oxygens (including phenoxy) is 1. The Kier molecular flexibility index (Phi) is 5.87. The molecule has 2 rings (SSSR count). The van der Waals surface area contributed by atoms with E-state index in [1.54, 1.807) is 7.11 Å². The molecule has 0 bridgehead atoms. The predicted octanol–water partition coefficient (Wildman–Crippen LogP) is 3.42. The van der Waals surface area contributed by atoms with Crippen molar-refractivity contribution in [3.63, 3.8) is 0 Å². The highest BCUT2D eigenvalue weighted by Crippen LogP contribution is 2.27. The maximum absolute atomic E-state index is 5.43. The summed E-state index contributed by atoms with van der Waals surface area (Å²) < 4.78 is 6.62. The van der Waals surface area contributed by atoms with E-state index in [2.05, 4.69) is 58.2 Å². The van der Waals surface area contributed by atoms with Crippen molar-refractivity contribution in [2.45, 2.75) is 32.9 Å². The molecule has 1 atom stereocenters. The number of rotatable bonds is 6. The van der Waals surface area contributed by atoms with Gasteiger partial charge in [-0.25, -0.2) is 0 Å². The highest BCUT2D eigenvalue weighted by molar-refractivity contribution is 9.10. The molecule has 1 aromatic rings. The second-order valence-corrected chi connectivity index (χ2v) is 6.75. The van der Waals surface area contributed by atoms with Gasteiger partial charge in [0.25, 0.3) is 0 Å². The molecule has 3 nitrogen and oxygen atoms in total. The average molecular weight is 341 g/mol. The fraction of sp³-hybridized carbons (Fsp3) is 0.625. The van der Waals surface area contributed by atoms with Crippen LogP contribution in [0.4, 0.5) is 5.69 Å². The first-order valence-corrected chi connectivity index (χ1v) is 8.16. The lowest BCUT2D eigenvalue weighted by Crippen LogP contribution is -2.22. The van der Waals surface area contributed by atoms with Crippen LogP contribution in [0.15, 0.2) is 22.7 Å². The predicted molar refractivity (Wildman–Crippen MR) is 88.3 cm³/mol. The molecule has 1 N–H and O–H groups in total. The third-order valence-electron chi connectivity index (χ3n) is 3.75. The summed E-state index contributed by atoms with van der Waals surface area (Å²) in [6, 6.07) is 6.66. The monoisotopic (exact) mass is 340 g/mol. The van der Waals surface area contributed by atoms with E-state index >= 15 is 0 Å². The van der Waals surface area contributed by atoms with Crippen molar-refractivity contribution in [2.75, 3.05) is 31.6 Å². The van der Waals surface area contributed by atoms with Gasteiger partial charge in [0.15, 0.2) is 0 Å². The zero-order valence-corrected chi connectivity index (χ0v) is 14.2. The number of nitrogens with zero attached hydrogens (tertiary/aromatic N) is 1. The first-order valence-electron chi connectivity index (χ1n) is 7.37. The number of halogens is 1. The smallest absolute Gasteiger partial charge is 0.0762 e. The maximum atomic E-state index is 5.43. The topological polar surface area (TPSA) is 24.5 Å². The van der Waals surface area contributed by atoms with Gasteiger partial charge in [-0.3, -0.25) is 0 Å². The largest absolute Gasteiger partial charge is 0.380 e. The molecule has 1 saturated heterocycles. The Bertz CT molecular complexity index is 436. The molecule has 1 aromatic carbocycles. The summed E-state index contributed by atoms with van der Waals surface area (Å²) in [4.78, 5) is 2.39. The quantitative estimate of drug-likeness (QED) is 0.858. The third-order valence-corrected chi connectivity index (χ3v) is 4.49. The Hall–Kier alpha value is -0.580. The van der Waals surface area contributed by atoms with Crippen molar-refractivity contribution >= 4 is 21.6 Å². The van der Waals surface area contributed by atoms with Gasteiger partial charge in [-0.2, -0.15) is 0 Å². The fourth-order valence-electron chi connectivity index (χ4n) is 2.53. The van der Waals surface area contributed by atoms with E-state index in [-0.39, 0.29) is 0 Å². The van der Waals surface area contributed by atoms with Gasteiger partial charge in [0.05, 0.1) is 6.10 Å². The number of methoxy groups -OCH3 is 1. The van der Waals surface area contributed by atoms with Gasteiger partial charge in [-0.05, 0) is 36.6 Å². The van der Waals surface area contributed by atoms with Crippen molar-refractivity contribution in [1.29, 1.82) is 0 Å². The van der Waals surface area contributed by atoms with Crippen LogP contribution in [0, 0.1) is 5.92 Å². The van der Waals surface area contributed by atoms with Gasteiger partial charge in [-0.1, -0.05) is 35.8 Å². The van der Waals surface area contributed by atoms with E-state index in [0.29, 0.717) is 12.0 Å². The Morgan fingerprint density at radius 2 is 2.25 bits per heavy atom. The molecule has 1 fully saturated rings. The van der Waals surface area contributed by atoms with Crippen LogP contribution in [0.2, 0.25) is 0 Å². The molecule has 0 aromatic heterocycles. The highest BCUT2D eigenvalue weighted by Gasteiger charge is 2.22. The van der Waals surface area contributed by atoms with Gasteiger partial charge >= 0.3 is 0 Å². The second-order valence-electron chi connectivity index (χ2n) is 5.89. The number of hydrogen-bond donors (Lipinski definition) is 1. The van der Waals surface area contributed by atoms with Gasteiger partial charge in [0, 0.05) is 36.9 Å². The molecular weight excluding hydrogens is 316 g/mol. The first kappa shape index (κ1) is 15.8. The van der Waals surface area contributed by atoms with Crippen LogP contribution in [-0.4, -0.2) is 32.8 Å². The van der Waals surface area contributed by atoms with E-state index in [1.165, 1.54) is 15.7 Å². The van der Waals surface area contributed by atoms with Gasteiger partial charge in [0.1, 0.15) is 0 Å². The molecular formula is C16H25BrN2O. The molecule has 0 saturated carbocycles. The summed E-state index contributed by atoms with van der Waals surface area (Å²) in [7, 11) is 1.80. The molecule has 112 valence electrons. The van der Waals surface area contributed by atoms with Crippen molar-refractivity contribution in [1.82, 2.24) is 5.32 Å². The van der Waals surface area contributed by atoms with Gasteiger partial charge in [0.2, 0.25) is 0 Å². The van der Waals surface area contributed by atoms with E-state index in [9.17, 15) is 0 Å². The minimum Gasteiger partial charge on any atom is -0.380 e. The van der Waals surface area contributed by atoms with Crippen LogP contribution in [0.3, 0.4) is 0 Å². The second kappa shape index (κ2) is 7.43. The Morgan fingerprint density at radius 3 is 2.85 bits per heavy atom. The molecule has 4 heteroatoms. The summed E-state index contributed by atoms with van der Waals surface area (Å²) in [5.41, 5.74) is 2.60. The average Bonchev–Trinajstić information content (AvgIpc) is 2.89. The van der Waals surface area contributed by atoms with Crippen LogP contribution < -0.4 is 10.2 Å². The van der Waals surface area contributed by atoms with Gasteiger partial charge in [-0.15, -0.1) is 0 Å². The molecule has 1 heterocycles. The standard InChI is InChI=1S/C16H25BrN2O/c1-12(2)9-18-10-13-4-5-14(8-16(13)17)19-7-6-15(11-19)20-3/h4-5,8,12,15,18H,6-7,9-11H2,1-3H3. The number of nitrogens with one attached hydrogen (secondary N) is 1. The van der Waals surface area contributed by atoms with Crippen LogP contribution in [0.5, 0.6) is 0 Å². The Morgan fingerprint density at radius 1 is 1.45 bits per heavy atom. The fourth-order valence-corrected chi connectivity index (χ4v) is 3.03. The molecule has 0 radical (unpaired) electrons. The molecule has 1 aliphatic rings. The minimum atomic E-state index is 0.376. The summed E-state index contributed by atoms with van der Waals surface area (Å²) in [5, 5.41) is 3.48. The normalized spacial score (nSPS) is 19.1. The zero-order valence-electron chi connectivity index (χ0n) is 12.7. The first-order chi connectivity index (χ1) is 9.60. The summed E-state index contributed by atoms with van der Waals surface area (Å²) >= 11 is 3.70. The highest BCUT2D eigenvalue weighted by atomic mass is 79.9. The molecule has 0 spiro atoms. The van der Waals surface area contributed by atoms with Crippen molar-refractivity contribution in [3.8, 4) is 0 Å². The molecule has 20 heavy (non-hydrogen) atoms. The molecule has 1 aliphatic heterocycles. The van der Waals surface area contributed by atoms with Crippen molar-refractivity contribution in [3.05, 3.63) is 28.2 Å². The summed E-state index contributed by atoms with van der Waals surface area (Å²) in [5.74, 6) is 0.684. The van der Waals surface area contributed by atoms with Crippen LogP contribution in [-0.2, 0) is 11.3 Å². The Balaban J connectivity index is 1.95. The van der Waals surface area contributed by atoms with E-state index in [0.717, 1.165) is 32.6 Å². The van der Waals surface area contributed by atoms with Crippen LogP contribution >= 0.6 is 15.9 Å². The number of anilines is 1. The van der Waals surface area contributed by atoms with Crippen LogP contribution in [0.1, 0.15) is 25.8 Å². The molecule has 0 aliphatic carbocycles. The van der Waals surface area contributed by atoms with E-state index in [1.807, 2.05) is 0 Å². The number of benzene rings is 1. The number of hydrogen-bond acceptors (Lipinski definition) is 3. The lowest BCUT2D eigenvalue weighted by Gasteiger charge is -2.19. The zero-order chi connectivity index (χ0) is 14.5. The third kappa shape index (κ3) is 4.21. The minimum absolute atomic E-state index is 0.376. The van der Waals surface area contributed by atoms with Crippen molar-refractivity contribution in [2.24, 2.45) is 5.92 Å². The van der Waals surface area contributed by atoms with Gasteiger partial charge < -0.3 is 15.0 Å². The molecule has 0 amide bonds. The lowest BCUT2D eigenvalue weighted by molar-refractivity contribution is 0.121. The van der Waals surface area contributed by atoms with E-state index in [4.69, 9.17) is 4.74 Å². The maximum Gasteiger partial charge on any atom is 0.0762 e. The van der Waals surface area contributed by atoms with Crippen LogP contribution in [0.25, 0.3) is 0 Å². The Labute approximate surface area is 130 Å². The van der Waals surface area contributed by atoms with E-state index < -0.39 is 0 Å².